The van der Waals surface area contributed by atoms with E-state index in [9.17, 15) is 0 Å². The van der Waals surface area contributed by atoms with E-state index in [-0.39, 0.29) is 0 Å². The molecule has 0 saturated carbocycles. The van der Waals surface area contributed by atoms with Gasteiger partial charge in [-0.05, 0) is 56.9 Å². The Morgan fingerprint density at radius 1 is 1.06 bits per heavy atom. The first-order valence-electron chi connectivity index (χ1n) is 10.1. The number of hydrogen-bond donors (Lipinski definition) is 2. The molecule has 0 unspecified atom stereocenters. The Morgan fingerprint density at radius 2 is 1.87 bits per heavy atom. The van der Waals surface area contributed by atoms with Crippen LogP contribution >= 0.6 is 0 Å². The lowest BCUT2D eigenvalue weighted by Crippen LogP contribution is -2.20. The third kappa shape index (κ3) is 4.75. The molecule has 8 heteroatoms. The largest absolute Gasteiger partial charge is 0.495 e. The zero-order valence-corrected chi connectivity index (χ0v) is 18.3. The molecule has 3 heterocycles. The Bertz CT molecular complexity index is 1170. The number of pyridine rings is 2. The summed E-state index contributed by atoms with van der Waals surface area (Å²) in [6.07, 6.45) is 3.53. The van der Waals surface area contributed by atoms with Crippen molar-refractivity contribution >= 4 is 22.8 Å². The molecule has 2 N–H and O–H groups in total. The van der Waals surface area contributed by atoms with Crippen LogP contribution in [0.5, 0.6) is 5.75 Å². The molecule has 0 radical (unpaired) electrons. The first-order valence-corrected chi connectivity index (χ1v) is 10.1. The summed E-state index contributed by atoms with van der Waals surface area (Å²) >= 11 is 0. The highest BCUT2D eigenvalue weighted by molar-refractivity contribution is 5.79. The van der Waals surface area contributed by atoms with Crippen molar-refractivity contribution in [3.63, 3.8) is 0 Å². The van der Waals surface area contributed by atoms with Crippen molar-refractivity contribution in [1.29, 1.82) is 0 Å². The molecule has 0 atom stereocenters. The van der Waals surface area contributed by atoms with E-state index in [0.29, 0.717) is 0 Å². The number of methoxy groups -OCH3 is 1. The highest BCUT2D eigenvalue weighted by Gasteiger charge is 2.10. The second kappa shape index (κ2) is 9.01. The van der Waals surface area contributed by atoms with Gasteiger partial charge in [0.15, 0.2) is 5.65 Å². The number of benzene rings is 1. The SMILES string of the molecule is COc1ccc(Nc2cc(-c3ccc(NCCN(C)C)cc3)cn3ncnc23)nc1C. The van der Waals surface area contributed by atoms with Crippen LogP contribution in [0.15, 0.2) is 55.0 Å². The van der Waals surface area contributed by atoms with Crippen molar-refractivity contribution in [3.05, 3.63) is 60.7 Å². The molecule has 31 heavy (non-hydrogen) atoms. The Morgan fingerprint density at radius 3 is 2.58 bits per heavy atom. The Hall–Kier alpha value is -3.65. The molecule has 8 nitrogen and oxygen atoms in total. The average molecular weight is 418 g/mol. The van der Waals surface area contributed by atoms with Gasteiger partial charge in [-0.15, -0.1) is 0 Å². The fourth-order valence-electron chi connectivity index (χ4n) is 3.35. The van der Waals surface area contributed by atoms with Crippen LogP contribution in [0.25, 0.3) is 16.8 Å². The fourth-order valence-corrected chi connectivity index (χ4v) is 3.35. The summed E-state index contributed by atoms with van der Waals surface area (Å²) in [6.45, 7) is 3.81. The minimum absolute atomic E-state index is 0.723. The van der Waals surface area contributed by atoms with Gasteiger partial charge in [-0.1, -0.05) is 12.1 Å². The highest BCUT2D eigenvalue weighted by Crippen LogP contribution is 2.29. The van der Waals surface area contributed by atoms with E-state index in [1.165, 1.54) is 0 Å². The summed E-state index contributed by atoms with van der Waals surface area (Å²) in [5, 5.41) is 11.2. The monoisotopic (exact) mass is 417 g/mol. The number of hydrogen-bond acceptors (Lipinski definition) is 7. The third-order valence-electron chi connectivity index (χ3n) is 5.00. The van der Waals surface area contributed by atoms with Gasteiger partial charge in [0.25, 0.3) is 0 Å². The molecule has 0 aliphatic heterocycles. The van der Waals surface area contributed by atoms with Crippen molar-refractivity contribution in [2.24, 2.45) is 0 Å². The molecule has 0 aliphatic carbocycles. The van der Waals surface area contributed by atoms with Crippen LogP contribution in [0.2, 0.25) is 0 Å². The quantitative estimate of drug-likeness (QED) is 0.451. The van der Waals surface area contributed by atoms with Crippen molar-refractivity contribution in [3.8, 4) is 16.9 Å². The lowest BCUT2D eigenvalue weighted by atomic mass is 10.1. The average Bonchev–Trinajstić information content (AvgIpc) is 3.23. The molecule has 0 bridgehead atoms. The third-order valence-corrected chi connectivity index (χ3v) is 5.00. The van der Waals surface area contributed by atoms with Crippen molar-refractivity contribution in [1.82, 2.24) is 24.5 Å². The lowest BCUT2D eigenvalue weighted by Gasteiger charge is -2.13. The van der Waals surface area contributed by atoms with Crippen LogP contribution in [0.4, 0.5) is 17.2 Å². The number of fused-ring (bicyclic) bond motifs is 1. The van der Waals surface area contributed by atoms with Crippen LogP contribution in [0, 0.1) is 6.92 Å². The van der Waals surface area contributed by atoms with E-state index >= 15 is 0 Å². The maximum atomic E-state index is 5.31. The van der Waals surface area contributed by atoms with Crippen LogP contribution in [0.3, 0.4) is 0 Å². The summed E-state index contributed by atoms with van der Waals surface area (Å²) in [7, 11) is 5.78. The van der Waals surface area contributed by atoms with Gasteiger partial charge >= 0.3 is 0 Å². The van der Waals surface area contributed by atoms with E-state index in [1.807, 2.05) is 25.3 Å². The molecule has 0 fully saturated rings. The standard InChI is InChI=1S/C23H27N7O/c1-16-21(31-4)9-10-22(27-16)28-20-13-18(14-30-23(20)25-15-26-30)17-5-7-19(8-6-17)24-11-12-29(2)3/h5-10,13-15,24H,11-12H2,1-4H3,(H,27,28). The molecule has 4 rings (SSSR count). The number of anilines is 3. The van der Waals surface area contributed by atoms with Gasteiger partial charge in [0.1, 0.15) is 17.9 Å². The predicted molar refractivity (Wildman–Crippen MR) is 124 cm³/mol. The Kier molecular flexibility index (Phi) is 5.99. The number of nitrogens with one attached hydrogen (secondary N) is 2. The van der Waals surface area contributed by atoms with Gasteiger partial charge in [0, 0.05) is 30.5 Å². The number of aryl methyl sites for hydroxylation is 1. The topological polar surface area (TPSA) is 79.6 Å². The minimum atomic E-state index is 0.723. The van der Waals surface area contributed by atoms with Crippen molar-refractivity contribution < 1.29 is 4.74 Å². The van der Waals surface area contributed by atoms with E-state index < -0.39 is 0 Å². The molecule has 4 aromatic rings. The van der Waals surface area contributed by atoms with Gasteiger partial charge in [-0.25, -0.2) is 14.5 Å². The fraction of sp³-hybridized carbons (Fsp3) is 0.261. The molecule has 0 spiro atoms. The molecule has 160 valence electrons. The van der Waals surface area contributed by atoms with Crippen LogP contribution in [0.1, 0.15) is 5.69 Å². The number of likely N-dealkylation sites (N-methyl/N-ethyl adjacent to an activating group) is 1. The van der Waals surface area contributed by atoms with Crippen molar-refractivity contribution in [2.45, 2.75) is 6.92 Å². The van der Waals surface area contributed by atoms with Crippen molar-refractivity contribution in [2.75, 3.05) is 44.9 Å². The second-order valence-corrected chi connectivity index (χ2v) is 7.59. The summed E-state index contributed by atoms with van der Waals surface area (Å²) in [5.41, 5.74) is 5.62. The first-order chi connectivity index (χ1) is 15.0. The molecular weight excluding hydrogens is 390 g/mol. The Labute approximate surface area is 181 Å². The molecular formula is C23H27N7O. The van der Waals surface area contributed by atoms with Crippen LogP contribution < -0.4 is 15.4 Å². The molecule has 0 aliphatic rings. The van der Waals surface area contributed by atoms with Gasteiger partial charge < -0.3 is 20.3 Å². The lowest BCUT2D eigenvalue weighted by molar-refractivity contribution is 0.409. The van der Waals surface area contributed by atoms with Crippen LogP contribution in [-0.4, -0.2) is 58.8 Å². The summed E-state index contributed by atoms with van der Waals surface area (Å²) < 4.78 is 7.08. The summed E-state index contributed by atoms with van der Waals surface area (Å²) in [5.74, 6) is 1.48. The van der Waals surface area contributed by atoms with E-state index in [1.54, 1.807) is 18.0 Å². The van der Waals surface area contributed by atoms with Gasteiger partial charge in [-0.3, -0.25) is 0 Å². The highest BCUT2D eigenvalue weighted by atomic mass is 16.5. The first kappa shape index (κ1) is 20.6. The van der Waals surface area contributed by atoms with Gasteiger partial charge in [0.05, 0.1) is 18.5 Å². The van der Waals surface area contributed by atoms with Gasteiger partial charge in [0.2, 0.25) is 0 Å². The zero-order chi connectivity index (χ0) is 21.8. The summed E-state index contributed by atoms with van der Waals surface area (Å²) in [4.78, 5) is 11.1. The number of nitrogens with zero attached hydrogens (tertiary/aromatic N) is 5. The maximum Gasteiger partial charge on any atom is 0.178 e. The van der Waals surface area contributed by atoms with Crippen LogP contribution in [-0.2, 0) is 0 Å². The molecule has 3 aromatic heterocycles. The number of aromatic nitrogens is 4. The predicted octanol–water partition coefficient (Wildman–Crippen LogP) is 3.83. The van der Waals surface area contributed by atoms with E-state index in [0.717, 1.165) is 58.5 Å². The van der Waals surface area contributed by atoms with E-state index in [4.69, 9.17) is 4.74 Å². The molecule has 1 aromatic carbocycles. The number of rotatable bonds is 8. The number of ether oxygens (including phenoxy) is 1. The normalized spacial score (nSPS) is 11.1. The Balaban J connectivity index is 1.60. The second-order valence-electron chi connectivity index (χ2n) is 7.59. The van der Waals surface area contributed by atoms with E-state index in [2.05, 4.69) is 75.0 Å². The minimum Gasteiger partial charge on any atom is -0.495 e. The summed E-state index contributed by atoms with van der Waals surface area (Å²) in [6, 6.07) is 14.3. The maximum absolute atomic E-state index is 5.31. The van der Waals surface area contributed by atoms with Gasteiger partial charge in [-0.2, -0.15) is 5.10 Å². The smallest absolute Gasteiger partial charge is 0.178 e. The zero-order valence-electron chi connectivity index (χ0n) is 18.3. The molecule has 0 saturated heterocycles. The molecule has 0 amide bonds.